The molecule has 0 radical (unpaired) electrons. The maximum Gasteiger partial charge on any atom is 0.269 e. The largest absolute Gasteiger partial charge is 0.372 e. The first kappa shape index (κ1) is 34.4. The van der Waals surface area contributed by atoms with Gasteiger partial charge in [-0.1, -0.05) is 102 Å². The van der Waals surface area contributed by atoms with Crippen LogP contribution < -0.4 is 4.90 Å². The summed E-state index contributed by atoms with van der Waals surface area (Å²) in [5, 5.41) is 30.6. The van der Waals surface area contributed by atoms with Crippen LogP contribution in [0.5, 0.6) is 0 Å². The maximum absolute atomic E-state index is 10.9. The molecule has 0 amide bonds. The lowest BCUT2D eigenvalue weighted by Crippen LogP contribution is -2.25. The molecule has 0 saturated carbocycles. The zero-order valence-corrected chi connectivity index (χ0v) is 27.5. The zero-order chi connectivity index (χ0) is 32.4. The molecular formula is C38H48N6O2. The number of fused-ring (bicyclic) bond motifs is 1. The number of hydrogen-bond donors (Lipinski definition) is 0. The van der Waals surface area contributed by atoms with Crippen molar-refractivity contribution in [1.82, 2.24) is 0 Å². The third-order valence-corrected chi connectivity index (χ3v) is 8.26. The topological polar surface area (TPSA) is 95.8 Å². The Kier molecular flexibility index (Phi) is 14.3. The predicted molar refractivity (Wildman–Crippen MR) is 191 cm³/mol. The average Bonchev–Trinajstić information content (AvgIpc) is 3.09. The summed E-state index contributed by atoms with van der Waals surface area (Å²) in [4.78, 5) is 13.0. The summed E-state index contributed by atoms with van der Waals surface area (Å²) in [7, 11) is 0. The van der Waals surface area contributed by atoms with Gasteiger partial charge in [0.25, 0.3) is 5.69 Å². The van der Waals surface area contributed by atoms with Gasteiger partial charge >= 0.3 is 0 Å². The lowest BCUT2D eigenvalue weighted by atomic mass is 10.1. The Labute approximate surface area is 273 Å². The van der Waals surface area contributed by atoms with E-state index in [1.165, 1.54) is 94.9 Å². The summed E-state index contributed by atoms with van der Waals surface area (Å²) >= 11 is 0. The van der Waals surface area contributed by atoms with Gasteiger partial charge in [0.15, 0.2) is 0 Å². The number of hydrogen-bond acceptors (Lipinski definition) is 7. The van der Waals surface area contributed by atoms with Gasteiger partial charge in [0.1, 0.15) is 0 Å². The van der Waals surface area contributed by atoms with E-state index in [0.717, 1.165) is 35.2 Å². The van der Waals surface area contributed by atoms with Crippen molar-refractivity contribution in [1.29, 1.82) is 0 Å². The monoisotopic (exact) mass is 620 g/mol. The molecule has 0 N–H and O–H groups in total. The number of unbranched alkanes of at least 4 members (excludes halogenated alkanes) is 10. The van der Waals surface area contributed by atoms with E-state index in [2.05, 4.69) is 63.5 Å². The van der Waals surface area contributed by atoms with Gasteiger partial charge in [-0.3, -0.25) is 10.1 Å². The Morgan fingerprint density at radius 2 is 0.978 bits per heavy atom. The summed E-state index contributed by atoms with van der Waals surface area (Å²) in [6.45, 7) is 6.74. The molecule has 4 rings (SSSR count). The van der Waals surface area contributed by atoms with Crippen molar-refractivity contribution in [3.63, 3.8) is 0 Å². The van der Waals surface area contributed by atoms with Crippen molar-refractivity contribution >= 4 is 44.9 Å². The first-order chi connectivity index (χ1) is 22.6. The molecule has 0 aliphatic rings. The highest BCUT2D eigenvalue weighted by Gasteiger charge is 2.09. The van der Waals surface area contributed by atoms with Gasteiger partial charge in [0.05, 0.1) is 27.7 Å². The summed E-state index contributed by atoms with van der Waals surface area (Å²) in [6.07, 6.45) is 15.7. The average molecular weight is 621 g/mol. The molecule has 0 atom stereocenters. The van der Waals surface area contributed by atoms with E-state index in [4.69, 9.17) is 0 Å². The van der Waals surface area contributed by atoms with Gasteiger partial charge in [-0.05, 0) is 61.4 Å². The summed E-state index contributed by atoms with van der Waals surface area (Å²) in [5.41, 5.74) is 4.07. The molecule has 0 spiro atoms. The van der Waals surface area contributed by atoms with E-state index < -0.39 is 4.92 Å². The van der Waals surface area contributed by atoms with E-state index in [9.17, 15) is 10.1 Å². The highest BCUT2D eigenvalue weighted by Crippen LogP contribution is 2.35. The third kappa shape index (κ3) is 10.9. The van der Waals surface area contributed by atoms with E-state index in [1.807, 2.05) is 36.4 Å². The summed E-state index contributed by atoms with van der Waals surface area (Å²) in [6, 6.07) is 26.2. The van der Waals surface area contributed by atoms with Gasteiger partial charge in [-0.2, -0.15) is 10.2 Å². The van der Waals surface area contributed by atoms with Crippen LogP contribution >= 0.6 is 0 Å². The van der Waals surface area contributed by atoms with Gasteiger partial charge < -0.3 is 4.90 Å². The number of non-ortho nitro benzene ring substituents is 1. The van der Waals surface area contributed by atoms with Gasteiger partial charge in [-0.15, -0.1) is 10.2 Å². The fourth-order valence-electron chi connectivity index (χ4n) is 5.57. The molecule has 0 aliphatic heterocycles. The van der Waals surface area contributed by atoms with Gasteiger partial charge in [-0.25, -0.2) is 0 Å². The zero-order valence-electron chi connectivity index (χ0n) is 27.5. The molecule has 242 valence electrons. The number of nitrogens with zero attached hydrogens (tertiary/aromatic N) is 6. The molecule has 0 saturated heterocycles. The van der Waals surface area contributed by atoms with E-state index in [0.29, 0.717) is 11.4 Å². The summed E-state index contributed by atoms with van der Waals surface area (Å²) in [5.74, 6) is 0. The van der Waals surface area contributed by atoms with Crippen LogP contribution in [-0.2, 0) is 0 Å². The van der Waals surface area contributed by atoms with Crippen LogP contribution in [0.3, 0.4) is 0 Å². The number of nitro benzene ring substituents is 1. The Hall–Kier alpha value is -4.46. The molecule has 0 heterocycles. The minimum absolute atomic E-state index is 0.0208. The van der Waals surface area contributed by atoms with Crippen LogP contribution in [0.25, 0.3) is 10.8 Å². The van der Waals surface area contributed by atoms with Crippen LogP contribution in [0.1, 0.15) is 90.9 Å². The molecule has 8 nitrogen and oxygen atoms in total. The molecular weight excluding hydrogens is 572 g/mol. The molecule has 0 bridgehead atoms. The minimum atomic E-state index is -0.431. The van der Waals surface area contributed by atoms with Crippen LogP contribution in [0.2, 0.25) is 0 Å². The molecule has 4 aromatic carbocycles. The SMILES string of the molecule is CCCCCCCCN(CCCCCCCC)c1ccc(N=Nc2ccc(N=Nc3ccc([N+](=O)[O-])cc3)c3ccccc23)cc1. The van der Waals surface area contributed by atoms with Crippen molar-refractivity contribution in [3.8, 4) is 0 Å². The van der Waals surface area contributed by atoms with Crippen molar-refractivity contribution in [3.05, 3.63) is 95.0 Å². The molecule has 4 aromatic rings. The fourth-order valence-corrected chi connectivity index (χ4v) is 5.57. The van der Waals surface area contributed by atoms with Crippen LogP contribution in [0, 0.1) is 10.1 Å². The second kappa shape index (κ2) is 19.1. The number of benzene rings is 4. The molecule has 0 aromatic heterocycles. The number of anilines is 1. The van der Waals surface area contributed by atoms with Crippen LogP contribution in [0.4, 0.5) is 34.1 Å². The van der Waals surface area contributed by atoms with E-state index >= 15 is 0 Å². The standard InChI is InChI=1S/C38H48N6O2/c1-3-5-7-9-11-15-29-43(30-16-12-10-8-6-4-2)33-23-19-31(20-24-33)39-41-37-27-28-38(36-18-14-13-17-35(36)37)42-40-32-21-25-34(26-22-32)44(45)46/h13-14,17-28H,3-12,15-16,29-30H2,1-2H3. The molecule has 0 unspecified atom stereocenters. The second-order valence-corrected chi connectivity index (χ2v) is 11.9. The van der Waals surface area contributed by atoms with Crippen LogP contribution in [0.15, 0.2) is 105 Å². The van der Waals surface area contributed by atoms with E-state index in [1.54, 1.807) is 12.1 Å². The number of rotatable bonds is 20. The maximum atomic E-state index is 10.9. The van der Waals surface area contributed by atoms with Crippen molar-refractivity contribution < 1.29 is 4.92 Å². The predicted octanol–water partition coefficient (Wildman–Crippen LogP) is 13.1. The Morgan fingerprint density at radius 3 is 1.43 bits per heavy atom. The van der Waals surface area contributed by atoms with Crippen molar-refractivity contribution in [2.75, 3.05) is 18.0 Å². The first-order valence-corrected chi connectivity index (χ1v) is 17.0. The number of nitro groups is 1. The van der Waals surface area contributed by atoms with Crippen LogP contribution in [-0.4, -0.2) is 18.0 Å². The Bertz CT molecular complexity index is 1530. The lowest BCUT2D eigenvalue weighted by molar-refractivity contribution is -0.384. The highest BCUT2D eigenvalue weighted by atomic mass is 16.6. The van der Waals surface area contributed by atoms with E-state index in [-0.39, 0.29) is 5.69 Å². The Balaban J connectivity index is 1.42. The van der Waals surface area contributed by atoms with Gasteiger partial charge in [0, 0.05) is 41.7 Å². The normalized spacial score (nSPS) is 11.6. The van der Waals surface area contributed by atoms with Crippen molar-refractivity contribution in [2.24, 2.45) is 20.5 Å². The first-order valence-electron chi connectivity index (χ1n) is 17.0. The minimum Gasteiger partial charge on any atom is -0.372 e. The molecule has 0 aliphatic carbocycles. The molecule has 0 fully saturated rings. The van der Waals surface area contributed by atoms with Gasteiger partial charge in [0.2, 0.25) is 0 Å². The second-order valence-electron chi connectivity index (χ2n) is 11.9. The quantitative estimate of drug-likeness (QED) is 0.0425. The van der Waals surface area contributed by atoms with Crippen molar-refractivity contribution in [2.45, 2.75) is 90.9 Å². The Morgan fingerprint density at radius 1 is 0.543 bits per heavy atom. The fraction of sp³-hybridized carbons (Fsp3) is 0.421. The third-order valence-electron chi connectivity index (χ3n) is 8.26. The summed E-state index contributed by atoms with van der Waals surface area (Å²) < 4.78 is 0. The highest BCUT2D eigenvalue weighted by molar-refractivity contribution is 5.99. The smallest absolute Gasteiger partial charge is 0.269 e. The molecule has 46 heavy (non-hydrogen) atoms. The number of azo groups is 2. The molecule has 8 heteroatoms. The lowest BCUT2D eigenvalue weighted by Gasteiger charge is -2.25.